The second kappa shape index (κ2) is 9.36. The van der Waals surface area contributed by atoms with Gasteiger partial charge in [0.2, 0.25) is 5.96 Å². The summed E-state index contributed by atoms with van der Waals surface area (Å²) in [5.41, 5.74) is 10.0. The Kier molecular flexibility index (Phi) is 9.88. The monoisotopic (exact) mass is 209 g/mol. The lowest BCUT2D eigenvalue weighted by Crippen LogP contribution is -2.22. The molecule has 0 unspecified atom stereocenters. The Morgan fingerprint density at radius 3 is 2.21 bits per heavy atom. The molecule has 6 N–H and O–H groups in total. The molecule has 0 aromatic heterocycles. The quantitative estimate of drug-likeness (QED) is 0.219. The van der Waals surface area contributed by atoms with Crippen molar-refractivity contribution in [3.8, 4) is 0 Å². The number of nitrogens with two attached hydrogens (primary N) is 2. The van der Waals surface area contributed by atoms with Crippen LogP contribution in [0.25, 0.3) is 0 Å². The zero-order valence-corrected chi connectivity index (χ0v) is 8.25. The van der Waals surface area contributed by atoms with Gasteiger partial charge in [0.25, 0.3) is 0 Å². The molecular formula is C6H17N4O4+. The van der Waals surface area contributed by atoms with Crippen LogP contribution in [0.1, 0.15) is 20.3 Å². The first-order chi connectivity index (χ1) is 6.36. The zero-order chi connectivity index (χ0) is 11.6. The van der Waals surface area contributed by atoms with Crippen molar-refractivity contribution in [1.82, 2.24) is 0 Å². The topological polar surface area (TPSA) is 134 Å². The van der Waals surface area contributed by atoms with Gasteiger partial charge in [-0.05, 0) is 17.5 Å². The molecule has 8 nitrogen and oxygen atoms in total. The summed E-state index contributed by atoms with van der Waals surface area (Å²) < 4.78 is 0. The van der Waals surface area contributed by atoms with Crippen LogP contribution in [0.2, 0.25) is 0 Å². The first-order valence-electron chi connectivity index (χ1n) is 3.92. The standard InChI is InChI=1S/C6H15N3O.H2NO3/c1-5(2)3-4-10-9-6(7)8;2-1(3)4/h5H,3-4H2,1-2H3,(H4,7,8,9);(H2,2,3,4)/q;+1. The molecule has 0 heterocycles. The van der Waals surface area contributed by atoms with Crippen LogP contribution >= 0.6 is 0 Å². The Labute approximate surface area is 81.6 Å². The van der Waals surface area contributed by atoms with Gasteiger partial charge >= 0.3 is 5.09 Å². The molecule has 14 heavy (non-hydrogen) atoms. The maximum Gasteiger partial charge on any atom is 0.472 e. The molecule has 0 aromatic rings. The lowest BCUT2D eigenvalue weighted by atomic mass is 10.1. The van der Waals surface area contributed by atoms with Crippen LogP contribution in [0.5, 0.6) is 0 Å². The number of nitrogens with zero attached hydrogens (tertiary/aromatic N) is 2. The number of hydrogen-bond acceptors (Lipinski definition) is 3. The zero-order valence-electron chi connectivity index (χ0n) is 8.25. The smallest absolute Gasteiger partial charge is 0.393 e. The highest BCUT2D eigenvalue weighted by molar-refractivity contribution is 5.74. The summed E-state index contributed by atoms with van der Waals surface area (Å²) in [6.45, 7) is 4.80. The van der Waals surface area contributed by atoms with Gasteiger partial charge in [0.1, 0.15) is 11.5 Å². The van der Waals surface area contributed by atoms with Gasteiger partial charge in [0, 0.05) is 0 Å². The summed E-state index contributed by atoms with van der Waals surface area (Å²) >= 11 is 0. The van der Waals surface area contributed by atoms with Gasteiger partial charge in [-0.3, -0.25) is 0 Å². The summed E-state index contributed by atoms with van der Waals surface area (Å²) in [5.74, 6) is 0.595. The lowest BCUT2D eigenvalue weighted by Gasteiger charge is -2.01. The number of guanidine groups is 1. The fraction of sp³-hybridized carbons (Fsp3) is 0.833. The Balaban J connectivity index is 0. The average molecular weight is 209 g/mol. The molecule has 0 bridgehead atoms. The van der Waals surface area contributed by atoms with Crippen molar-refractivity contribution in [2.45, 2.75) is 20.3 Å². The van der Waals surface area contributed by atoms with Gasteiger partial charge in [-0.1, -0.05) is 13.8 Å². The Morgan fingerprint density at radius 2 is 1.93 bits per heavy atom. The van der Waals surface area contributed by atoms with Crippen LogP contribution in [0, 0.1) is 10.8 Å². The van der Waals surface area contributed by atoms with Gasteiger partial charge in [-0.15, -0.1) is 0 Å². The first-order valence-corrected chi connectivity index (χ1v) is 3.92. The molecule has 0 saturated heterocycles. The highest BCUT2D eigenvalue weighted by Crippen LogP contribution is 1.98. The van der Waals surface area contributed by atoms with Crippen LogP contribution in [0.3, 0.4) is 0 Å². The predicted octanol–water partition coefficient (Wildman–Crippen LogP) is -0.219. The Hall–Kier alpha value is -1.73. The third-order valence-corrected chi connectivity index (χ3v) is 0.956. The number of hydrogen-bond donors (Lipinski definition) is 4. The Morgan fingerprint density at radius 1 is 1.50 bits per heavy atom. The first kappa shape index (κ1) is 14.8. The maximum absolute atomic E-state index is 8.47. The third-order valence-electron chi connectivity index (χ3n) is 0.956. The van der Waals surface area contributed by atoms with Crippen molar-refractivity contribution in [2.24, 2.45) is 22.5 Å². The van der Waals surface area contributed by atoms with E-state index in [-0.39, 0.29) is 5.96 Å². The van der Waals surface area contributed by atoms with Crippen molar-refractivity contribution in [3.63, 3.8) is 0 Å². The van der Waals surface area contributed by atoms with Crippen molar-refractivity contribution < 1.29 is 20.3 Å². The normalized spacial score (nSPS) is 8.50. The molecule has 84 valence electrons. The van der Waals surface area contributed by atoms with Gasteiger partial charge in [-0.2, -0.15) is 0 Å². The fourth-order valence-corrected chi connectivity index (χ4v) is 0.409. The van der Waals surface area contributed by atoms with Gasteiger partial charge < -0.3 is 16.3 Å². The maximum atomic E-state index is 8.47. The molecule has 0 radical (unpaired) electrons. The SMILES string of the molecule is CC(C)CCON=C(N)N.O=[N+](O)O. The number of oxime groups is 1. The minimum absolute atomic E-state index is 0.0243. The Bertz CT molecular complexity index is 175. The summed E-state index contributed by atoms with van der Waals surface area (Å²) in [5, 5.41) is 15.9. The van der Waals surface area contributed by atoms with Gasteiger partial charge in [0.05, 0.1) is 0 Å². The van der Waals surface area contributed by atoms with Gasteiger partial charge in [0.15, 0.2) is 0 Å². The summed E-state index contributed by atoms with van der Waals surface area (Å²) in [4.78, 5) is 13.2. The van der Waals surface area contributed by atoms with E-state index in [2.05, 4.69) is 19.0 Å². The van der Waals surface area contributed by atoms with E-state index in [0.717, 1.165) is 6.42 Å². The van der Waals surface area contributed by atoms with E-state index in [1.165, 1.54) is 0 Å². The predicted molar refractivity (Wildman–Crippen MR) is 48.4 cm³/mol. The van der Waals surface area contributed by atoms with Crippen molar-refractivity contribution in [2.75, 3.05) is 6.61 Å². The second-order valence-corrected chi connectivity index (χ2v) is 2.78. The molecule has 0 atom stereocenters. The van der Waals surface area contributed by atoms with E-state index >= 15 is 0 Å². The van der Waals surface area contributed by atoms with Crippen LogP contribution in [0.15, 0.2) is 5.16 Å². The van der Waals surface area contributed by atoms with Crippen LogP contribution in [-0.2, 0) is 4.84 Å². The molecule has 0 aliphatic rings. The van der Waals surface area contributed by atoms with E-state index in [4.69, 9.17) is 31.6 Å². The summed E-state index contributed by atoms with van der Waals surface area (Å²) in [6, 6.07) is 0. The van der Waals surface area contributed by atoms with Gasteiger partial charge in [-0.25, -0.2) is 10.4 Å². The van der Waals surface area contributed by atoms with E-state index < -0.39 is 5.09 Å². The van der Waals surface area contributed by atoms with Crippen molar-refractivity contribution >= 4 is 5.96 Å². The van der Waals surface area contributed by atoms with Crippen molar-refractivity contribution in [1.29, 1.82) is 0 Å². The molecule has 0 rings (SSSR count). The molecule has 0 spiro atoms. The fourth-order valence-electron chi connectivity index (χ4n) is 0.409. The largest absolute Gasteiger partial charge is 0.472 e. The molecule has 8 heteroatoms. The van der Waals surface area contributed by atoms with E-state index in [9.17, 15) is 0 Å². The third kappa shape index (κ3) is 31.8. The summed E-state index contributed by atoms with van der Waals surface area (Å²) in [7, 11) is 0. The molecular weight excluding hydrogens is 192 g/mol. The molecule has 0 saturated carbocycles. The lowest BCUT2D eigenvalue weighted by molar-refractivity contribution is -0.969. The average Bonchev–Trinajstić information content (AvgIpc) is 1.96. The van der Waals surface area contributed by atoms with Crippen molar-refractivity contribution in [3.05, 3.63) is 4.91 Å². The summed E-state index contributed by atoms with van der Waals surface area (Å²) in [6.07, 6.45) is 0.969. The van der Waals surface area contributed by atoms with Crippen LogP contribution < -0.4 is 11.5 Å². The molecule has 0 aromatic carbocycles. The molecule has 0 aliphatic heterocycles. The highest BCUT2D eigenvalue weighted by atomic mass is 16.9. The van der Waals surface area contributed by atoms with E-state index in [1.807, 2.05) is 0 Å². The van der Waals surface area contributed by atoms with Crippen LogP contribution in [0.4, 0.5) is 0 Å². The van der Waals surface area contributed by atoms with E-state index in [0.29, 0.717) is 12.5 Å². The highest BCUT2D eigenvalue weighted by Gasteiger charge is 1.92. The van der Waals surface area contributed by atoms with Crippen LogP contribution in [-0.4, -0.2) is 28.1 Å². The molecule has 0 amide bonds. The molecule has 0 fully saturated rings. The minimum atomic E-state index is -1.25. The number of rotatable bonds is 4. The second-order valence-electron chi connectivity index (χ2n) is 2.78. The molecule has 0 aliphatic carbocycles. The minimum Gasteiger partial charge on any atom is -0.393 e. The van der Waals surface area contributed by atoms with E-state index in [1.54, 1.807) is 0 Å².